The fraction of sp³-hybridized carbons (Fsp3) is 0.571. The lowest BCUT2D eigenvalue weighted by Gasteiger charge is -2.20. The molecule has 0 unspecified atom stereocenters. The van der Waals surface area contributed by atoms with Gasteiger partial charge in [-0.3, -0.25) is 4.79 Å². The first kappa shape index (κ1) is 12.9. The summed E-state index contributed by atoms with van der Waals surface area (Å²) in [4.78, 5) is 16.1. The Hall–Kier alpha value is -1.58. The van der Waals surface area contributed by atoms with E-state index in [0.29, 0.717) is 17.4 Å². The monoisotopic (exact) mass is 247 g/mol. The van der Waals surface area contributed by atoms with Crippen molar-refractivity contribution in [3.63, 3.8) is 0 Å². The number of pyridine rings is 1. The molecular formula is C14H21N3O. The fourth-order valence-electron chi connectivity index (χ4n) is 2.40. The molecule has 0 spiro atoms. The minimum Gasteiger partial charge on any atom is -0.397 e. The highest BCUT2D eigenvalue weighted by Gasteiger charge is 2.15. The van der Waals surface area contributed by atoms with Gasteiger partial charge in [0.1, 0.15) is 5.69 Å². The van der Waals surface area contributed by atoms with Gasteiger partial charge in [-0.2, -0.15) is 0 Å². The number of aromatic nitrogens is 1. The number of rotatable bonds is 2. The Morgan fingerprint density at radius 2 is 1.83 bits per heavy atom. The van der Waals surface area contributed by atoms with E-state index in [4.69, 9.17) is 5.73 Å². The summed E-state index contributed by atoms with van der Waals surface area (Å²) >= 11 is 0. The third kappa shape index (κ3) is 3.72. The van der Waals surface area contributed by atoms with Crippen LogP contribution in [0.2, 0.25) is 0 Å². The van der Waals surface area contributed by atoms with Gasteiger partial charge < -0.3 is 11.1 Å². The van der Waals surface area contributed by atoms with Gasteiger partial charge in [-0.05, 0) is 25.0 Å². The molecule has 0 aromatic carbocycles. The molecule has 0 atom stereocenters. The Morgan fingerprint density at radius 1 is 1.17 bits per heavy atom. The average molecular weight is 247 g/mol. The van der Waals surface area contributed by atoms with Gasteiger partial charge in [-0.25, -0.2) is 4.98 Å². The number of hydrogen-bond acceptors (Lipinski definition) is 3. The summed E-state index contributed by atoms with van der Waals surface area (Å²) in [6.07, 6.45) is 10.0. The molecule has 1 aromatic heterocycles. The number of nitrogens with one attached hydrogen (secondary N) is 1. The Labute approximate surface area is 108 Å². The zero-order valence-electron chi connectivity index (χ0n) is 10.7. The lowest BCUT2D eigenvalue weighted by molar-refractivity contribution is 0.0925. The summed E-state index contributed by atoms with van der Waals surface area (Å²) in [5, 5.41) is 3.08. The minimum absolute atomic E-state index is 0.0828. The molecule has 1 aliphatic carbocycles. The maximum Gasteiger partial charge on any atom is 0.270 e. The highest BCUT2D eigenvalue weighted by atomic mass is 16.1. The summed E-state index contributed by atoms with van der Waals surface area (Å²) in [6, 6.07) is 3.69. The number of nitrogens with two attached hydrogens (primary N) is 1. The second kappa shape index (κ2) is 6.38. The van der Waals surface area contributed by atoms with E-state index in [1.807, 2.05) is 0 Å². The Morgan fingerprint density at radius 3 is 2.44 bits per heavy atom. The Balaban J connectivity index is 1.91. The van der Waals surface area contributed by atoms with Crippen molar-refractivity contribution < 1.29 is 4.79 Å². The molecule has 1 fully saturated rings. The topological polar surface area (TPSA) is 68.0 Å². The minimum atomic E-state index is -0.0828. The third-order valence-electron chi connectivity index (χ3n) is 3.46. The molecule has 0 saturated heterocycles. The van der Waals surface area contributed by atoms with Gasteiger partial charge in [0.2, 0.25) is 0 Å². The van der Waals surface area contributed by atoms with E-state index >= 15 is 0 Å². The second-order valence-corrected chi connectivity index (χ2v) is 4.99. The molecule has 0 radical (unpaired) electrons. The van der Waals surface area contributed by atoms with E-state index in [-0.39, 0.29) is 5.91 Å². The number of carbonyl (C=O) groups is 1. The fourth-order valence-corrected chi connectivity index (χ4v) is 2.40. The van der Waals surface area contributed by atoms with E-state index < -0.39 is 0 Å². The number of anilines is 1. The van der Waals surface area contributed by atoms with Crippen LogP contribution < -0.4 is 11.1 Å². The Kier molecular flexibility index (Phi) is 4.56. The van der Waals surface area contributed by atoms with Gasteiger partial charge in [0.05, 0.1) is 11.9 Å². The normalized spacial score (nSPS) is 17.8. The summed E-state index contributed by atoms with van der Waals surface area (Å²) < 4.78 is 0. The molecule has 0 aliphatic heterocycles. The van der Waals surface area contributed by atoms with Crippen molar-refractivity contribution in [1.82, 2.24) is 10.3 Å². The number of amides is 1. The number of nitrogens with zero attached hydrogens (tertiary/aromatic N) is 1. The molecule has 1 amide bonds. The highest BCUT2D eigenvalue weighted by molar-refractivity contribution is 5.92. The third-order valence-corrected chi connectivity index (χ3v) is 3.46. The van der Waals surface area contributed by atoms with E-state index in [0.717, 1.165) is 12.8 Å². The lowest BCUT2D eigenvalue weighted by atomic mass is 9.96. The van der Waals surface area contributed by atoms with Crippen LogP contribution in [0, 0.1) is 0 Å². The molecular weight excluding hydrogens is 226 g/mol. The van der Waals surface area contributed by atoms with Crippen LogP contribution in [0.25, 0.3) is 0 Å². The number of carbonyl (C=O) groups excluding carboxylic acids is 1. The lowest BCUT2D eigenvalue weighted by Crippen LogP contribution is -2.35. The average Bonchev–Trinajstić information content (AvgIpc) is 2.33. The maximum absolute atomic E-state index is 12.0. The van der Waals surface area contributed by atoms with Gasteiger partial charge in [0, 0.05) is 6.04 Å². The molecule has 1 aromatic rings. The first-order valence-corrected chi connectivity index (χ1v) is 6.78. The van der Waals surface area contributed by atoms with Crippen LogP contribution in [0.15, 0.2) is 18.3 Å². The predicted octanol–water partition coefficient (Wildman–Crippen LogP) is 2.51. The van der Waals surface area contributed by atoms with E-state index in [2.05, 4.69) is 10.3 Å². The quantitative estimate of drug-likeness (QED) is 0.843. The molecule has 1 heterocycles. The molecule has 0 bridgehead atoms. The van der Waals surface area contributed by atoms with Gasteiger partial charge in [0.15, 0.2) is 0 Å². The first-order chi connectivity index (χ1) is 8.75. The summed E-state index contributed by atoms with van der Waals surface area (Å²) in [7, 11) is 0. The molecule has 4 nitrogen and oxygen atoms in total. The van der Waals surface area contributed by atoms with Crippen LogP contribution in [-0.4, -0.2) is 16.9 Å². The summed E-state index contributed by atoms with van der Waals surface area (Å²) in [5.41, 5.74) is 6.59. The van der Waals surface area contributed by atoms with Gasteiger partial charge in [-0.1, -0.05) is 32.1 Å². The number of hydrogen-bond donors (Lipinski definition) is 2. The standard InChI is InChI=1S/C14H21N3O/c15-11-8-9-13(16-10-11)14(18)17-12-6-4-2-1-3-5-7-12/h8-10,12H,1-7,15H2,(H,17,18). The van der Waals surface area contributed by atoms with E-state index in [1.165, 1.54) is 38.3 Å². The SMILES string of the molecule is Nc1ccc(C(=O)NC2CCCCCCC2)nc1. The van der Waals surface area contributed by atoms with Crippen molar-refractivity contribution in [3.05, 3.63) is 24.0 Å². The van der Waals surface area contributed by atoms with Crippen molar-refractivity contribution in [2.75, 3.05) is 5.73 Å². The molecule has 4 heteroatoms. The molecule has 18 heavy (non-hydrogen) atoms. The predicted molar refractivity (Wildman–Crippen MR) is 72.2 cm³/mol. The molecule has 3 N–H and O–H groups in total. The highest BCUT2D eigenvalue weighted by Crippen LogP contribution is 2.17. The van der Waals surface area contributed by atoms with Crippen LogP contribution in [0.5, 0.6) is 0 Å². The summed E-state index contributed by atoms with van der Waals surface area (Å²) in [6.45, 7) is 0. The van der Waals surface area contributed by atoms with Crippen molar-refractivity contribution >= 4 is 11.6 Å². The zero-order valence-corrected chi connectivity index (χ0v) is 10.7. The van der Waals surface area contributed by atoms with Gasteiger partial charge in [-0.15, -0.1) is 0 Å². The van der Waals surface area contributed by atoms with Crippen molar-refractivity contribution in [3.8, 4) is 0 Å². The summed E-state index contributed by atoms with van der Waals surface area (Å²) in [5.74, 6) is -0.0828. The first-order valence-electron chi connectivity index (χ1n) is 6.78. The van der Waals surface area contributed by atoms with Crippen molar-refractivity contribution in [1.29, 1.82) is 0 Å². The van der Waals surface area contributed by atoms with Crippen LogP contribution in [-0.2, 0) is 0 Å². The number of nitrogen functional groups attached to an aromatic ring is 1. The largest absolute Gasteiger partial charge is 0.397 e. The molecule has 1 aliphatic rings. The van der Waals surface area contributed by atoms with Crippen LogP contribution in [0.1, 0.15) is 55.4 Å². The van der Waals surface area contributed by atoms with Gasteiger partial charge >= 0.3 is 0 Å². The zero-order chi connectivity index (χ0) is 12.8. The second-order valence-electron chi connectivity index (χ2n) is 4.99. The van der Waals surface area contributed by atoms with Crippen LogP contribution in [0.4, 0.5) is 5.69 Å². The van der Waals surface area contributed by atoms with Crippen LogP contribution in [0.3, 0.4) is 0 Å². The van der Waals surface area contributed by atoms with Crippen LogP contribution >= 0.6 is 0 Å². The maximum atomic E-state index is 12.0. The van der Waals surface area contributed by atoms with Crippen molar-refractivity contribution in [2.45, 2.75) is 51.0 Å². The van der Waals surface area contributed by atoms with Gasteiger partial charge in [0.25, 0.3) is 5.91 Å². The molecule has 1 saturated carbocycles. The van der Waals surface area contributed by atoms with E-state index in [9.17, 15) is 4.79 Å². The van der Waals surface area contributed by atoms with Crippen molar-refractivity contribution in [2.24, 2.45) is 0 Å². The van der Waals surface area contributed by atoms with E-state index in [1.54, 1.807) is 12.1 Å². The smallest absolute Gasteiger partial charge is 0.270 e. The Bertz CT molecular complexity index is 381. The molecule has 98 valence electrons. The molecule has 2 rings (SSSR count).